The van der Waals surface area contributed by atoms with Gasteiger partial charge < -0.3 is 15.1 Å². The summed E-state index contributed by atoms with van der Waals surface area (Å²) in [6, 6.07) is 20.2. The van der Waals surface area contributed by atoms with Gasteiger partial charge in [-0.25, -0.2) is 0 Å². The molecule has 2 aromatic rings. The van der Waals surface area contributed by atoms with Crippen LogP contribution in [0.5, 0.6) is 0 Å². The van der Waals surface area contributed by atoms with Gasteiger partial charge in [0.05, 0.1) is 0 Å². The first kappa shape index (κ1) is 22.8. The molecule has 0 saturated carbocycles. The molecule has 0 radical (unpaired) electrons. The highest BCUT2D eigenvalue weighted by molar-refractivity contribution is 5.92. The number of carbonyl (C=O) groups excluding carboxylic acids is 2. The van der Waals surface area contributed by atoms with Gasteiger partial charge in [0.25, 0.3) is 0 Å². The number of carbonyl (C=O) groups is 2. The number of nitrogens with one attached hydrogen (secondary N) is 1. The van der Waals surface area contributed by atoms with Crippen molar-refractivity contribution in [2.24, 2.45) is 5.92 Å². The molecule has 1 aliphatic rings. The molecule has 0 bridgehead atoms. The minimum Gasteiger partial charge on any atom is -0.356 e. The summed E-state index contributed by atoms with van der Waals surface area (Å²) in [5.41, 5.74) is 2.31. The fourth-order valence-corrected chi connectivity index (χ4v) is 3.88. The Bertz CT molecular complexity index is 843. The molecule has 2 amide bonds. The molecule has 3 rings (SSSR count). The number of nitrogens with zero attached hydrogens (tertiary/aromatic N) is 2. The van der Waals surface area contributed by atoms with Crippen molar-refractivity contribution in [2.75, 3.05) is 33.2 Å². The molecule has 5 heteroatoms. The van der Waals surface area contributed by atoms with Crippen LogP contribution in [0.25, 0.3) is 6.08 Å². The van der Waals surface area contributed by atoms with Crippen molar-refractivity contribution in [3.63, 3.8) is 0 Å². The van der Waals surface area contributed by atoms with Gasteiger partial charge in [0.15, 0.2) is 0 Å². The summed E-state index contributed by atoms with van der Waals surface area (Å²) in [6.45, 7) is 3.82. The lowest BCUT2D eigenvalue weighted by molar-refractivity contribution is -0.132. The van der Waals surface area contributed by atoms with E-state index in [9.17, 15) is 9.59 Å². The molecule has 5 nitrogen and oxygen atoms in total. The first-order valence-corrected chi connectivity index (χ1v) is 11.1. The molecule has 2 aromatic carbocycles. The maximum atomic E-state index is 12.5. The molecule has 0 aliphatic carbocycles. The van der Waals surface area contributed by atoms with E-state index in [1.165, 1.54) is 5.56 Å². The molecular weight excluding hydrogens is 386 g/mol. The number of hydrogen-bond donors (Lipinski definition) is 1. The van der Waals surface area contributed by atoms with E-state index in [4.69, 9.17) is 0 Å². The van der Waals surface area contributed by atoms with Crippen molar-refractivity contribution in [2.45, 2.75) is 25.8 Å². The highest BCUT2D eigenvalue weighted by Gasteiger charge is 2.26. The largest absolute Gasteiger partial charge is 0.356 e. The zero-order valence-corrected chi connectivity index (χ0v) is 18.4. The van der Waals surface area contributed by atoms with Gasteiger partial charge in [0.1, 0.15) is 0 Å². The molecule has 0 unspecified atom stereocenters. The van der Waals surface area contributed by atoms with Gasteiger partial charge in [0.2, 0.25) is 11.8 Å². The molecule has 1 heterocycles. The number of piperidine rings is 1. The summed E-state index contributed by atoms with van der Waals surface area (Å²) < 4.78 is 0. The monoisotopic (exact) mass is 419 g/mol. The lowest BCUT2D eigenvalue weighted by Crippen LogP contribution is -2.42. The molecule has 1 saturated heterocycles. The Morgan fingerprint density at radius 3 is 2.35 bits per heavy atom. The first-order chi connectivity index (χ1) is 15.1. The van der Waals surface area contributed by atoms with Crippen LogP contribution in [0.1, 0.15) is 30.4 Å². The van der Waals surface area contributed by atoms with Crippen molar-refractivity contribution in [3.8, 4) is 0 Å². The Morgan fingerprint density at radius 1 is 1.03 bits per heavy atom. The molecule has 1 aliphatic heterocycles. The average molecular weight is 420 g/mol. The maximum Gasteiger partial charge on any atom is 0.246 e. The Hall–Kier alpha value is -2.92. The van der Waals surface area contributed by atoms with Crippen LogP contribution < -0.4 is 5.32 Å². The van der Waals surface area contributed by atoms with Crippen molar-refractivity contribution in [1.82, 2.24) is 15.1 Å². The van der Waals surface area contributed by atoms with Gasteiger partial charge in [0, 0.05) is 38.2 Å². The number of amides is 2. The molecule has 31 heavy (non-hydrogen) atoms. The van der Waals surface area contributed by atoms with E-state index in [1.807, 2.05) is 47.4 Å². The maximum absolute atomic E-state index is 12.5. The lowest BCUT2D eigenvalue weighted by atomic mass is 9.95. The number of likely N-dealkylation sites (tertiary alicyclic amines) is 1. The molecule has 0 atom stereocenters. The minimum atomic E-state index is 0.00389. The Balaban J connectivity index is 1.31. The lowest BCUT2D eigenvalue weighted by Gasteiger charge is -2.30. The third-order valence-electron chi connectivity index (χ3n) is 5.71. The Morgan fingerprint density at radius 2 is 1.68 bits per heavy atom. The highest BCUT2D eigenvalue weighted by Crippen LogP contribution is 2.18. The molecule has 0 spiro atoms. The van der Waals surface area contributed by atoms with Crippen LogP contribution in [0.3, 0.4) is 0 Å². The average Bonchev–Trinajstić information content (AvgIpc) is 2.81. The summed E-state index contributed by atoms with van der Waals surface area (Å²) in [7, 11) is 2.10. The van der Waals surface area contributed by atoms with Gasteiger partial charge in [-0.3, -0.25) is 9.59 Å². The second-order valence-corrected chi connectivity index (χ2v) is 8.21. The topological polar surface area (TPSA) is 52.7 Å². The van der Waals surface area contributed by atoms with Crippen molar-refractivity contribution in [3.05, 3.63) is 77.9 Å². The highest BCUT2D eigenvalue weighted by atomic mass is 16.2. The van der Waals surface area contributed by atoms with Crippen LogP contribution in [0.2, 0.25) is 0 Å². The molecule has 164 valence electrons. The van der Waals surface area contributed by atoms with Crippen molar-refractivity contribution in [1.29, 1.82) is 0 Å². The van der Waals surface area contributed by atoms with E-state index in [2.05, 4.69) is 41.5 Å². The third-order valence-corrected chi connectivity index (χ3v) is 5.71. The number of benzene rings is 2. The molecular formula is C26H33N3O2. The predicted molar refractivity (Wildman–Crippen MR) is 125 cm³/mol. The summed E-state index contributed by atoms with van der Waals surface area (Å²) >= 11 is 0. The van der Waals surface area contributed by atoms with E-state index in [0.717, 1.165) is 37.9 Å². The summed E-state index contributed by atoms with van der Waals surface area (Å²) in [4.78, 5) is 29.0. The number of rotatable bonds is 9. The van der Waals surface area contributed by atoms with Gasteiger partial charge in [-0.1, -0.05) is 60.7 Å². The predicted octanol–water partition coefficient (Wildman–Crippen LogP) is 3.58. The van der Waals surface area contributed by atoms with Crippen LogP contribution in [0.4, 0.5) is 0 Å². The van der Waals surface area contributed by atoms with Crippen molar-refractivity contribution >= 4 is 17.9 Å². The first-order valence-electron chi connectivity index (χ1n) is 11.1. The third kappa shape index (κ3) is 7.68. The van der Waals surface area contributed by atoms with E-state index >= 15 is 0 Å². The zero-order valence-electron chi connectivity index (χ0n) is 18.4. The fraction of sp³-hybridized carbons (Fsp3) is 0.385. The molecule has 1 N–H and O–H groups in total. The van der Waals surface area contributed by atoms with Gasteiger partial charge in [-0.05, 0) is 50.1 Å². The van der Waals surface area contributed by atoms with Crippen LogP contribution in [0.15, 0.2) is 66.7 Å². The Labute approximate surface area is 185 Å². The summed E-state index contributed by atoms with van der Waals surface area (Å²) in [6.07, 6.45) is 5.85. The van der Waals surface area contributed by atoms with Gasteiger partial charge >= 0.3 is 0 Å². The van der Waals surface area contributed by atoms with Gasteiger partial charge in [-0.2, -0.15) is 0 Å². The second kappa shape index (κ2) is 12.1. The number of hydrogen-bond acceptors (Lipinski definition) is 3. The van der Waals surface area contributed by atoms with Crippen molar-refractivity contribution < 1.29 is 9.59 Å². The zero-order chi connectivity index (χ0) is 21.9. The second-order valence-electron chi connectivity index (χ2n) is 8.21. The minimum absolute atomic E-state index is 0.00389. The molecule has 1 fully saturated rings. The molecule has 0 aromatic heterocycles. The van der Waals surface area contributed by atoms with E-state index in [1.54, 1.807) is 6.08 Å². The van der Waals surface area contributed by atoms with E-state index in [0.29, 0.717) is 19.6 Å². The Kier molecular flexibility index (Phi) is 8.85. The van der Waals surface area contributed by atoms with E-state index in [-0.39, 0.29) is 17.7 Å². The summed E-state index contributed by atoms with van der Waals surface area (Å²) in [5, 5.41) is 3.08. The van der Waals surface area contributed by atoms with Crippen LogP contribution in [0, 0.1) is 5.92 Å². The fourth-order valence-electron chi connectivity index (χ4n) is 3.88. The van der Waals surface area contributed by atoms with Gasteiger partial charge in [-0.15, -0.1) is 0 Å². The summed E-state index contributed by atoms with van der Waals surface area (Å²) in [5.74, 6) is 0.144. The SMILES string of the molecule is CN(CCCNC(=O)C1CCN(C(=O)C=Cc2ccccc2)CC1)Cc1ccccc1. The van der Waals surface area contributed by atoms with Crippen LogP contribution in [-0.4, -0.2) is 54.8 Å². The normalized spacial score (nSPS) is 14.8. The standard InChI is InChI=1S/C26H33N3O2/c1-28(21-23-11-6-3-7-12-23)18-8-17-27-26(31)24-15-19-29(20-16-24)25(30)14-13-22-9-4-2-5-10-22/h2-7,9-14,24H,8,15-21H2,1H3,(H,27,31). The van der Waals surface area contributed by atoms with E-state index < -0.39 is 0 Å². The smallest absolute Gasteiger partial charge is 0.246 e. The van der Waals surface area contributed by atoms with Crippen LogP contribution in [-0.2, 0) is 16.1 Å². The quantitative estimate of drug-likeness (QED) is 0.499. The van der Waals surface area contributed by atoms with Crippen LogP contribution >= 0.6 is 0 Å².